The lowest BCUT2D eigenvalue weighted by atomic mass is 10.0. The van der Waals surface area contributed by atoms with Crippen molar-refractivity contribution in [3.05, 3.63) is 48.6 Å². The maximum atomic E-state index is 12.8. The van der Waals surface area contributed by atoms with Gasteiger partial charge in [-0.1, -0.05) is 262 Å². The van der Waals surface area contributed by atoms with Crippen molar-refractivity contribution in [1.82, 2.24) is 0 Å². The number of rotatable bonds is 52. The molecule has 0 spiro atoms. The van der Waals surface area contributed by atoms with Crippen LogP contribution in [0.1, 0.15) is 297 Å². The van der Waals surface area contributed by atoms with Gasteiger partial charge < -0.3 is 14.2 Å². The highest BCUT2D eigenvalue weighted by Crippen LogP contribution is 2.16. The van der Waals surface area contributed by atoms with Crippen LogP contribution in [0.15, 0.2) is 48.6 Å². The predicted molar refractivity (Wildman–Crippen MR) is 284 cm³/mol. The van der Waals surface area contributed by atoms with Crippen LogP contribution in [0.3, 0.4) is 0 Å². The zero-order valence-electron chi connectivity index (χ0n) is 44.0. The van der Waals surface area contributed by atoms with Gasteiger partial charge in [-0.05, 0) is 64.2 Å². The van der Waals surface area contributed by atoms with Gasteiger partial charge in [0.1, 0.15) is 13.2 Å². The Bertz CT molecular complexity index is 1150. The molecular weight excluding hydrogens is 817 g/mol. The first-order chi connectivity index (χ1) is 32.5. The average molecular weight is 926 g/mol. The summed E-state index contributed by atoms with van der Waals surface area (Å²) in [5.74, 6) is -0.898. The molecule has 0 saturated carbocycles. The molecular formula is C60H108O6. The van der Waals surface area contributed by atoms with E-state index in [4.69, 9.17) is 14.2 Å². The summed E-state index contributed by atoms with van der Waals surface area (Å²) in [4.78, 5) is 38.1. The van der Waals surface area contributed by atoms with Crippen LogP contribution in [-0.2, 0) is 28.6 Å². The van der Waals surface area contributed by atoms with Gasteiger partial charge in [-0.2, -0.15) is 0 Å². The van der Waals surface area contributed by atoms with Gasteiger partial charge in [-0.25, -0.2) is 0 Å². The summed E-state index contributed by atoms with van der Waals surface area (Å²) < 4.78 is 16.8. The van der Waals surface area contributed by atoms with E-state index in [2.05, 4.69) is 69.4 Å². The quantitative estimate of drug-likeness (QED) is 0.0262. The van der Waals surface area contributed by atoms with Gasteiger partial charge in [0.25, 0.3) is 0 Å². The van der Waals surface area contributed by atoms with Crippen LogP contribution < -0.4 is 0 Å². The van der Waals surface area contributed by atoms with Gasteiger partial charge in [-0.3, -0.25) is 14.4 Å². The molecule has 0 bridgehead atoms. The molecule has 0 saturated heterocycles. The normalized spacial score (nSPS) is 12.3. The fraction of sp³-hybridized carbons (Fsp3) is 0.817. The molecule has 0 amide bonds. The fourth-order valence-corrected chi connectivity index (χ4v) is 8.25. The third kappa shape index (κ3) is 52.3. The molecule has 0 aliphatic carbocycles. The van der Waals surface area contributed by atoms with E-state index in [1.165, 1.54) is 173 Å². The Labute approximate surface area is 409 Å². The number of allylic oxidation sites excluding steroid dienone is 8. The van der Waals surface area contributed by atoms with E-state index < -0.39 is 6.10 Å². The van der Waals surface area contributed by atoms with Crippen molar-refractivity contribution in [3.63, 3.8) is 0 Å². The topological polar surface area (TPSA) is 78.9 Å². The molecule has 1 atom stereocenters. The van der Waals surface area contributed by atoms with E-state index in [9.17, 15) is 14.4 Å². The van der Waals surface area contributed by atoms with Crippen LogP contribution in [0.4, 0.5) is 0 Å². The summed E-state index contributed by atoms with van der Waals surface area (Å²) in [5, 5.41) is 0. The lowest BCUT2D eigenvalue weighted by Gasteiger charge is -2.18. The summed E-state index contributed by atoms with van der Waals surface area (Å²) in [7, 11) is 0. The Balaban J connectivity index is 4.39. The minimum absolute atomic E-state index is 0.0819. The molecule has 0 aromatic carbocycles. The molecule has 0 N–H and O–H groups in total. The number of unbranched alkanes of at least 4 members (excludes halogenated alkanes) is 33. The lowest BCUT2D eigenvalue weighted by Crippen LogP contribution is -2.30. The van der Waals surface area contributed by atoms with E-state index in [0.29, 0.717) is 19.3 Å². The molecule has 0 fully saturated rings. The van der Waals surface area contributed by atoms with Gasteiger partial charge in [0.15, 0.2) is 6.10 Å². The SMILES string of the molecule is CCCCC/C=C\C/C=C\C/C=C\C/C=C\CCCCCC(=O)O[C@@H](COC(=O)CCCCCCCCCCCCCC)COC(=O)CCCCCCCCCCCCCCCCCCC. The first-order valence-corrected chi connectivity index (χ1v) is 28.6. The summed E-state index contributed by atoms with van der Waals surface area (Å²) in [6, 6.07) is 0. The summed E-state index contributed by atoms with van der Waals surface area (Å²) >= 11 is 0. The molecule has 6 heteroatoms. The van der Waals surface area contributed by atoms with Gasteiger partial charge in [-0.15, -0.1) is 0 Å². The van der Waals surface area contributed by atoms with Crippen LogP contribution >= 0.6 is 0 Å². The number of carbonyl (C=O) groups is 3. The molecule has 0 aromatic rings. The smallest absolute Gasteiger partial charge is 0.306 e. The Morgan fingerprint density at radius 2 is 0.545 bits per heavy atom. The zero-order valence-corrected chi connectivity index (χ0v) is 44.0. The Morgan fingerprint density at radius 1 is 0.303 bits per heavy atom. The van der Waals surface area contributed by atoms with Crippen molar-refractivity contribution in [3.8, 4) is 0 Å². The second-order valence-electron chi connectivity index (χ2n) is 19.2. The summed E-state index contributed by atoms with van der Waals surface area (Å²) in [6.45, 7) is 6.62. The van der Waals surface area contributed by atoms with Crippen molar-refractivity contribution in [2.24, 2.45) is 0 Å². The first-order valence-electron chi connectivity index (χ1n) is 28.6. The molecule has 0 aliphatic rings. The highest BCUT2D eigenvalue weighted by molar-refractivity contribution is 5.71. The minimum atomic E-state index is -0.786. The van der Waals surface area contributed by atoms with Crippen molar-refractivity contribution < 1.29 is 28.6 Å². The van der Waals surface area contributed by atoms with Crippen LogP contribution in [0, 0.1) is 0 Å². The van der Waals surface area contributed by atoms with Crippen molar-refractivity contribution in [2.75, 3.05) is 13.2 Å². The second-order valence-corrected chi connectivity index (χ2v) is 19.2. The molecule has 0 unspecified atom stereocenters. The maximum Gasteiger partial charge on any atom is 0.306 e. The Hall–Kier alpha value is -2.63. The third-order valence-electron chi connectivity index (χ3n) is 12.6. The zero-order chi connectivity index (χ0) is 47.9. The van der Waals surface area contributed by atoms with Crippen LogP contribution in [0.25, 0.3) is 0 Å². The number of hydrogen-bond acceptors (Lipinski definition) is 6. The monoisotopic (exact) mass is 925 g/mol. The predicted octanol–water partition coefficient (Wildman–Crippen LogP) is 19.0. The largest absolute Gasteiger partial charge is 0.462 e. The number of hydrogen-bond donors (Lipinski definition) is 0. The van der Waals surface area contributed by atoms with E-state index in [-0.39, 0.29) is 31.1 Å². The lowest BCUT2D eigenvalue weighted by molar-refractivity contribution is -0.167. The van der Waals surface area contributed by atoms with Gasteiger partial charge in [0.2, 0.25) is 0 Å². The van der Waals surface area contributed by atoms with Gasteiger partial charge in [0, 0.05) is 19.3 Å². The van der Waals surface area contributed by atoms with Crippen LogP contribution in [0.2, 0.25) is 0 Å². The van der Waals surface area contributed by atoms with Gasteiger partial charge >= 0.3 is 17.9 Å². The number of ether oxygens (including phenoxy) is 3. The van der Waals surface area contributed by atoms with Gasteiger partial charge in [0.05, 0.1) is 0 Å². The van der Waals surface area contributed by atoms with Crippen LogP contribution in [-0.4, -0.2) is 37.2 Å². The first kappa shape index (κ1) is 63.4. The van der Waals surface area contributed by atoms with E-state index in [1.807, 2.05) is 0 Å². The van der Waals surface area contributed by atoms with E-state index in [0.717, 1.165) is 83.5 Å². The average Bonchev–Trinajstić information content (AvgIpc) is 3.31. The molecule has 66 heavy (non-hydrogen) atoms. The van der Waals surface area contributed by atoms with Crippen molar-refractivity contribution in [1.29, 1.82) is 0 Å². The molecule has 0 aliphatic heterocycles. The molecule has 0 aromatic heterocycles. The second kappa shape index (κ2) is 55.0. The van der Waals surface area contributed by atoms with E-state index in [1.54, 1.807) is 0 Å². The highest BCUT2D eigenvalue weighted by atomic mass is 16.6. The molecule has 0 rings (SSSR count). The summed E-state index contributed by atoms with van der Waals surface area (Å²) in [5.41, 5.74) is 0. The Morgan fingerprint density at radius 3 is 0.879 bits per heavy atom. The molecule has 0 heterocycles. The van der Waals surface area contributed by atoms with E-state index >= 15 is 0 Å². The number of carbonyl (C=O) groups excluding carboxylic acids is 3. The molecule has 0 radical (unpaired) electrons. The third-order valence-corrected chi connectivity index (χ3v) is 12.6. The Kier molecular flexibility index (Phi) is 52.8. The number of esters is 3. The molecule has 6 nitrogen and oxygen atoms in total. The highest BCUT2D eigenvalue weighted by Gasteiger charge is 2.19. The molecule has 384 valence electrons. The fourth-order valence-electron chi connectivity index (χ4n) is 8.25. The maximum absolute atomic E-state index is 12.8. The summed E-state index contributed by atoms with van der Waals surface area (Å²) in [6.07, 6.45) is 66.7. The standard InChI is InChI=1S/C60H108O6/c1-4-7-10-13-16-19-22-25-27-29-30-32-34-36-39-42-45-48-51-54-60(63)66-57(55-64-58(61)52-49-46-43-40-37-24-21-18-15-12-9-6-3)56-65-59(62)53-50-47-44-41-38-35-33-31-28-26-23-20-17-14-11-8-5-2/h16,19,25,27,30,32,36,39,57H,4-15,17-18,20-24,26,28-29,31,33-35,37-38,40-56H2,1-3H3/b19-16-,27-25-,32-30-,39-36-/t57-/m0/s1. The van der Waals surface area contributed by atoms with Crippen molar-refractivity contribution in [2.45, 2.75) is 303 Å². The van der Waals surface area contributed by atoms with Crippen LogP contribution in [0.5, 0.6) is 0 Å². The minimum Gasteiger partial charge on any atom is -0.462 e. The van der Waals surface area contributed by atoms with Crippen molar-refractivity contribution >= 4 is 17.9 Å².